The fourth-order valence-corrected chi connectivity index (χ4v) is 2.65. The van der Waals surface area contributed by atoms with Gasteiger partial charge in [-0.1, -0.05) is 0 Å². The third-order valence-corrected chi connectivity index (χ3v) is 4.03. The summed E-state index contributed by atoms with van der Waals surface area (Å²) in [6.45, 7) is 3.18. The van der Waals surface area contributed by atoms with Gasteiger partial charge in [0.2, 0.25) is 5.91 Å². The van der Waals surface area contributed by atoms with E-state index in [2.05, 4.69) is 26.6 Å². The molecule has 126 valence electrons. The Labute approximate surface area is 144 Å². The van der Waals surface area contributed by atoms with Crippen LogP contribution in [0.4, 0.5) is 0 Å². The summed E-state index contributed by atoms with van der Waals surface area (Å²) >= 11 is 3.39. The van der Waals surface area contributed by atoms with E-state index >= 15 is 0 Å². The molecule has 23 heavy (non-hydrogen) atoms. The maximum absolute atomic E-state index is 12.2. The van der Waals surface area contributed by atoms with Crippen molar-refractivity contribution in [2.45, 2.75) is 19.8 Å². The zero-order chi connectivity index (χ0) is 16.8. The number of methoxy groups -OCH3 is 1. The summed E-state index contributed by atoms with van der Waals surface area (Å²) in [6.07, 6.45) is 1.94. The van der Waals surface area contributed by atoms with Crippen molar-refractivity contribution in [3.05, 3.63) is 22.2 Å². The zero-order valence-electron chi connectivity index (χ0n) is 13.3. The summed E-state index contributed by atoms with van der Waals surface area (Å²) in [4.78, 5) is 23.7. The molecule has 7 heteroatoms. The van der Waals surface area contributed by atoms with Gasteiger partial charge in [-0.2, -0.15) is 0 Å². The van der Waals surface area contributed by atoms with Crippen molar-refractivity contribution in [1.82, 2.24) is 10.6 Å². The second kappa shape index (κ2) is 8.19. The summed E-state index contributed by atoms with van der Waals surface area (Å²) in [5.41, 5.74) is 0.464. The molecule has 1 aromatic carbocycles. The molecule has 1 aromatic rings. The average Bonchev–Trinajstić information content (AvgIpc) is 3.37. The molecule has 0 aliphatic heterocycles. The predicted octanol–water partition coefficient (Wildman–Crippen LogP) is 2.11. The molecule has 0 bridgehead atoms. The molecule has 0 atom stereocenters. The fraction of sp³-hybridized carbons (Fsp3) is 0.500. The van der Waals surface area contributed by atoms with E-state index in [-0.39, 0.29) is 17.7 Å². The molecule has 1 saturated carbocycles. The lowest BCUT2D eigenvalue weighted by Crippen LogP contribution is -2.35. The fourth-order valence-electron chi connectivity index (χ4n) is 2.09. The Morgan fingerprint density at radius 3 is 2.57 bits per heavy atom. The van der Waals surface area contributed by atoms with E-state index in [1.807, 2.05) is 6.92 Å². The summed E-state index contributed by atoms with van der Waals surface area (Å²) in [5.74, 6) is 1.09. The Bertz CT molecular complexity index is 588. The number of ether oxygens (including phenoxy) is 2. The lowest BCUT2D eigenvalue weighted by molar-refractivity contribution is -0.122. The first kappa shape index (κ1) is 17.6. The average molecular weight is 385 g/mol. The van der Waals surface area contributed by atoms with E-state index in [9.17, 15) is 9.59 Å². The molecule has 0 heterocycles. The van der Waals surface area contributed by atoms with Crippen molar-refractivity contribution in [2.24, 2.45) is 5.92 Å². The molecule has 1 aliphatic carbocycles. The molecule has 0 saturated heterocycles. The van der Waals surface area contributed by atoms with Gasteiger partial charge >= 0.3 is 0 Å². The van der Waals surface area contributed by atoms with Crippen LogP contribution in [0.1, 0.15) is 30.1 Å². The number of carbonyl (C=O) groups is 2. The number of rotatable bonds is 8. The Balaban J connectivity index is 1.90. The van der Waals surface area contributed by atoms with Gasteiger partial charge in [0.1, 0.15) is 0 Å². The summed E-state index contributed by atoms with van der Waals surface area (Å²) in [5, 5.41) is 5.58. The highest BCUT2D eigenvalue weighted by atomic mass is 79.9. The first-order chi connectivity index (χ1) is 11.1. The van der Waals surface area contributed by atoms with Crippen molar-refractivity contribution in [2.75, 3.05) is 26.8 Å². The van der Waals surface area contributed by atoms with Gasteiger partial charge in [-0.3, -0.25) is 9.59 Å². The molecule has 0 radical (unpaired) electrons. The Morgan fingerprint density at radius 1 is 1.26 bits per heavy atom. The second-order valence-electron chi connectivity index (χ2n) is 5.24. The van der Waals surface area contributed by atoms with Gasteiger partial charge in [-0.15, -0.1) is 0 Å². The molecule has 2 N–H and O–H groups in total. The molecule has 1 aliphatic rings. The van der Waals surface area contributed by atoms with Gasteiger partial charge in [-0.25, -0.2) is 0 Å². The van der Waals surface area contributed by atoms with Crippen LogP contribution in [0.25, 0.3) is 0 Å². The van der Waals surface area contributed by atoms with E-state index in [4.69, 9.17) is 9.47 Å². The molecular formula is C16H21BrN2O4. The van der Waals surface area contributed by atoms with Crippen LogP contribution in [0.2, 0.25) is 0 Å². The normalized spacial score (nSPS) is 13.3. The van der Waals surface area contributed by atoms with Crippen molar-refractivity contribution < 1.29 is 19.1 Å². The molecule has 2 rings (SSSR count). The third-order valence-electron chi connectivity index (χ3n) is 3.44. The predicted molar refractivity (Wildman–Crippen MR) is 89.9 cm³/mol. The molecule has 6 nitrogen and oxygen atoms in total. The molecule has 1 fully saturated rings. The largest absolute Gasteiger partial charge is 0.493 e. The number of halogens is 1. The van der Waals surface area contributed by atoms with Crippen molar-refractivity contribution in [3.8, 4) is 11.5 Å². The first-order valence-corrected chi connectivity index (χ1v) is 8.42. The van der Waals surface area contributed by atoms with Gasteiger partial charge in [0.25, 0.3) is 5.91 Å². The summed E-state index contributed by atoms with van der Waals surface area (Å²) in [7, 11) is 1.53. The highest BCUT2D eigenvalue weighted by Gasteiger charge is 2.29. The highest BCUT2D eigenvalue weighted by molar-refractivity contribution is 9.10. The van der Waals surface area contributed by atoms with E-state index in [0.29, 0.717) is 41.2 Å². The number of hydrogen-bond donors (Lipinski definition) is 2. The maximum atomic E-state index is 12.2. The van der Waals surface area contributed by atoms with Crippen molar-refractivity contribution in [1.29, 1.82) is 0 Å². The topological polar surface area (TPSA) is 76.7 Å². The van der Waals surface area contributed by atoms with E-state index in [1.165, 1.54) is 7.11 Å². The van der Waals surface area contributed by atoms with Crippen molar-refractivity contribution in [3.63, 3.8) is 0 Å². The minimum absolute atomic E-state index is 0.0738. The lowest BCUT2D eigenvalue weighted by Gasteiger charge is -2.13. The summed E-state index contributed by atoms with van der Waals surface area (Å²) in [6, 6.07) is 3.32. The number of benzene rings is 1. The minimum atomic E-state index is -0.229. The zero-order valence-corrected chi connectivity index (χ0v) is 14.9. The van der Waals surface area contributed by atoms with E-state index in [1.54, 1.807) is 12.1 Å². The van der Waals surface area contributed by atoms with Crippen molar-refractivity contribution >= 4 is 27.7 Å². The molecule has 0 aromatic heterocycles. The highest BCUT2D eigenvalue weighted by Crippen LogP contribution is 2.36. The number of carbonyl (C=O) groups excluding carboxylic acids is 2. The quantitative estimate of drug-likeness (QED) is 0.673. The van der Waals surface area contributed by atoms with Gasteiger partial charge < -0.3 is 20.1 Å². The maximum Gasteiger partial charge on any atom is 0.251 e. The van der Waals surface area contributed by atoms with E-state index < -0.39 is 0 Å². The van der Waals surface area contributed by atoms with Crippen LogP contribution in [0.5, 0.6) is 11.5 Å². The monoisotopic (exact) mass is 384 g/mol. The van der Waals surface area contributed by atoms with E-state index in [0.717, 1.165) is 12.8 Å². The lowest BCUT2D eigenvalue weighted by atomic mass is 10.2. The van der Waals surface area contributed by atoms with Gasteiger partial charge in [0, 0.05) is 24.6 Å². The first-order valence-electron chi connectivity index (χ1n) is 7.63. The molecule has 0 spiro atoms. The molecule has 2 amide bonds. The van der Waals surface area contributed by atoms with Crippen LogP contribution in [-0.4, -0.2) is 38.6 Å². The third kappa shape index (κ3) is 4.86. The number of hydrogen-bond acceptors (Lipinski definition) is 4. The standard InChI is InChI=1S/C16H21BrN2O4/c1-3-23-14-12(17)8-11(9-13(14)22-2)16(21)19-7-6-18-15(20)10-4-5-10/h8-10H,3-7H2,1-2H3,(H,18,20)(H,19,21). The summed E-state index contributed by atoms with van der Waals surface area (Å²) < 4.78 is 11.4. The van der Waals surface area contributed by atoms with Crippen LogP contribution in [-0.2, 0) is 4.79 Å². The van der Waals surface area contributed by atoms with Crippen LogP contribution < -0.4 is 20.1 Å². The smallest absolute Gasteiger partial charge is 0.251 e. The molecular weight excluding hydrogens is 364 g/mol. The SMILES string of the molecule is CCOc1c(Br)cc(C(=O)NCCNC(=O)C2CC2)cc1OC. The van der Waals surface area contributed by atoms with Crippen LogP contribution >= 0.6 is 15.9 Å². The Kier molecular flexibility index (Phi) is 6.27. The Morgan fingerprint density at radius 2 is 1.96 bits per heavy atom. The van der Waals surface area contributed by atoms with Crippen LogP contribution in [0.3, 0.4) is 0 Å². The molecule has 0 unspecified atom stereocenters. The second-order valence-corrected chi connectivity index (χ2v) is 6.10. The van der Waals surface area contributed by atoms with Crippen LogP contribution in [0, 0.1) is 5.92 Å². The number of amides is 2. The van der Waals surface area contributed by atoms with Gasteiger partial charge in [-0.05, 0) is 47.8 Å². The Hall–Kier alpha value is -1.76. The van der Waals surface area contributed by atoms with Crippen LogP contribution in [0.15, 0.2) is 16.6 Å². The minimum Gasteiger partial charge on any atom is -0.493 e. The number of nitrogens with one attached hydrogen (secondary N) is 2. The van der Waals surface area contributed by atoms with Gasteiger partial charge in [0.05, 0.1) is 18.2 Å². The van der Waals surface area contributed by atoms with Gasteiger partial charge in [0.15, 0.2) is 11.5 Å².